The highest BCUT2D eigenvalue weighted by Crippen LogP contribution is 2.33. The van der Waals surface area contributed by atoms with E-state index in [1.165, 1.54) is 4.31 Å². The molecule has 0 aromatic heterocycles. The van der Waals surface area contributed by atoms with Gasteiger partial charge in [0, 0.05) is 6.54 Å². The summed E-state index contributed by atoms with van der Waals surface area (Å²) in [5, 5.41) is 9.06. The number of hydrogen-bond donors (Lipinski definition) is 1. The zero-order valence-corrected chi connectivity index (χ0v) is 27.8. The highest BCUT2D eigenvalue weighted by Gasteiger charge is 2.39. The van der Waals surface area contributed by atoms with Crippen molar-refractivity contribution in [2.45, 2.75) is 75.3 Å². The Hall–Kier alpha value is -4.09. The Kier molecular flexibility index (Phi) is 11.3. The number of carbonyl (C=O) groups is 2. The number of nitrogens with zero attached hydrogens (tertiary/aromatic N) is 1. The Morgan fingerprint density at radius 1 is 0.957 bits per heavy atom. The molecule has 10 nitrogen and oxygen atoms in total. The molecule has 2 atom stereocenters. The summed E-state index contributed by atoms with van der Waals surface area (Å²) in [6.45, 7) is 5.86. The molecule has 1 N–H and O–H groups in total. The van der Waals surface area contributed by atoms with Gasteiger partial charge in [0.15, 0.2) is 18.1 Å². The molecule has 1 aliphatic heterocycles. The van der Waals surface area contributed by atoms with Crippen molar-refractivity contribution in [3.05, 3.63) is 83.4 Å². The van der Waals surface area contributed by atoms with Gasteiger partial charge in [-0.1, -0.05) is 51.1 Å². The second kappa shape index (κ2) is 15.0. The summed E-state index contributed by atoms with van der Waals surface area (Å²) < 4.78 is 51.3. The summed E-state index contributed by atoms with van der Waals surface area (Å²) >= 11 is 0. The van der Waals surface area contributed by atoms with E-state index < -0.39 is 40.7 Å². The second-order valence-corrected chi connectivity index (χ2v) is 14.2. The van der Waals surface area contributed by atoms with Gasteiger partial charge in [0.1, 0.15) is 17.9 Å². The molecule has 11 heteroatoms. The zero-order valence-electron chi connectivity index (χ0n) is 27.0. The first-order chi connectivity index (χ1) is 21.8. The lowest BCUT2D eigenvalue weighted by Gasteiger charge is -2.34. The largest absolute Gasteiger partial charge is 0.493 e. The molecule has 0 aliphatic carbocycles. The van der Waals surface area contributed by atoms with Gasteiger partial charge in [0.25, 0.3) is 0 Å². The summed E-state index contributed by atoms with van der Waals surface area (Å²) in [5.41, 5.74) is 2.38. The first kappa shape index (κ1) is 34.8. The van der Waals surface area contributed by atoms with E-state index in [4.69, 9.17) is 24.1 Å². The molecule has 4 rings (SSSR count). The molecule has 248 valence electrons. The van der Waals surface area contributed by atoms with Crippen molar-refractivity contribution in [2.24, 2.45) is 0 Å². The van der Waals surface area contributed by atoms with Crippen LogP contribution in [0.4, 0.5) is 0 Å². The van der Waals surface area contributed by atoms with Gasteiger partial charge >= 0.3 is 11.9 Å². The van der Waals surface area contributed by atoms with Crippen LogP contribution in [0, 0.1) is 0 Å². The third-order valence-electron chi connectivity index (χ3n) is 8.05. The number of sulfonamides is 1. The maximum absolute atomic E-state index is 13.9. The lowest BCUT2D eigenvalue weighted by atomic mass is 9.87. The molecule has 1 unspecified atom stereocenters. The van der Waals surface area contributed by atoms with E-state index >= 15 is 0 Å². The number of hydrogen-bond acceptors (Lipinski definition) is 8. The third kappa shape index (κ3) is 8.58. The van der Waals surface area contributed by atoms with E-state index in [0.29, 0.717) is 54.9 Å². The van der Waals surface area contributed by atoms with Crippen LogP contribution in [0.2, 0.25) is 0 Å². The molecule has 1 heterocycles. The van der Waals surface area contributed by atoms with Gasteiger partial charge in [-0.3, -0.25) is 4.79 Å². The van der Waals surface area contributed by atoms with Crippen LogP contribution < -0.4 is 14.2 Å². The van der Waals surface area contributed by atoms with Crippen LogP contribution in [0.3, 0.4) is 0 Å². The molecular weight excluding hydrogens is 610 g/mol. The van der Waals surface area contributed by atoms with Crippen LogP contribution in [-0.2, 0) is 36.2 Å². The number of carboxylic acid groups (broad SMARTS) is 1. The fraction of sp³-hybridized carbons (Fsp3) is 0.429. The molecule has 0 saturated carbocycles. The van der Waals surface area contributed by atoms with Crippen molar-refractivity contribution in [1.29, 1.82) is 0 Å². The van der Waals surface area contributed by atoms with Crippen molar-refractivity contribution in [2.75, 3.05) is 27.4 Å². The van der Waals surface area contributed by atoms with Gasteiger partial charge in [-0.15, -0.1) is 0 Å². The van der Waals surface area contributed by atoms with E-state index in [0.717, 1.165) is 11.1 Å². The standard InChI is InChI=1S/C35H43NO9S/c1-35(2,3)26-14-16-28(17-15-26)46(40,41)36-20-7-6-11-29(36)34(39)45-30(25-9-8-10-27(22-25)44-23-33(37)38)18-12-24-13-19-31(42-4)32(21-24)43-5/h8-10,13-17,19,21-22,29-30H,6-7,11-12,18,20,23H2,1-5H3,(H,37,38)/t29?,30-/m1/s1. The minimum Gasteiger partial charge on any atom is -0.493 e. The quantitative estimate of drug-likeness (QED) is 0.223. The van der Waals surface area contributed by atoms with Crippen LogP contribution in [0.15, 0.2) is 71.6 Å². The normalized spacial score (nSPS) is 16.3. The molecule has 3 aromatic carbocycles. The van der Waals surface area contributed by atoms with Crippen LogP contribution in [-0.4, -0.2) is 63.2 Å². The smallest absolute Gasteiger partial charge is 0.341 e. The summed E-state index contributed by atoms with van der Waals surface area (Å²) in [6.07, 6.45) is 1.73. The zero-order chi connectivity index (χ0) is 33.5. The number of esters is 1. The molecule has 0 bridgehead atoms. The van der Waals surface area contributed by atoms with Gasteiger partial charge in [-0.05, 0) is 90.6 Å². The van der Waals surface area contributed by atoms with E-state index in [2.05, 4.69) is 20.8 Å². The van der Waals surface area contributed by atoms with Crippen molar-refractivity contribution in [3.8, 4) is 17.2 Å². The van der Waals surface area contributed by atoms with Crippen molar-refractivity contribution in [1.82, 2.24) is 4.31 Å². The Balaban J connectivity index is 1.60. The fourth-order valence-electron chi connectivity index (χ4n) is 5.49. The van der Waals surface area contributed by atoms with E-state index in [9.17, 15) is 18.0 Å². The molecule has 1 aliphatic rings. The third-order valence-corrected chi connectivity index (χ3v) is 9.97. The number of piperidine rings is 1. The SMILES string of the molecule is COc1ccc(CC[C@@H](OC(=O)C2CCCCN2S(=O)(=O)c2ccc(C(C)(C)C)cc2)c2cccc(OCC(=O)O)c2)cc1OC. The minimum atomic E-state index is -3.98. The molecule has 0 amide bonds. The lowest BCUT2D eigenvalue weighted by Crippen LogP contribution is -2.48. The average Bonchev–Trinajstić information content (AvgIpc) is 3.05. The second-order valence-electron chi connectivity index (χ2n) is 12.3. The molecule has 3 aromatic rings. The Bertz CT molecular complexity index is 1610. The molecule has 0 spiro atoms. The number of carbonyl (C=O) groups excluding carboxylic acids is 1. The number of aryl methyl sites for hydroxylation is 1. The monoisotopic (exact) mass is 653 g/mol. The minimum absolute atomic E-state index is 0.133. The van der Waals surface area contributed by atoms with Crippen molar-refractivity contribution in [3.63, 3.8) is 0 Å². The number of ether oxygens (including phenoxy) is 4. The Labute approximate surface area is 271 Å². The van der Waals surface area contributed by atoms with Gasteiger partial charge in [0.05, 0.1) is 19.1 Å². The van der Waals surface area contributed by atoms with Gasteiger partial charge < -0.3 is 24.1 Å². The van der Waals surface area contributed by atoms with Crippen LogP contribution in [0.25, 0.3) is 0 Å². The van der Waals surface area contributed by atoms with Gasteiger partial charge in [0.2, 0.25) is 10.0 Å². The Morgan fingerprint density at radius 2 is 1.67 bits per heavy atom. The average molecular weight is 654 g/mol. The van der Waals surface area contributed by atoms with Crippen LogP contribution in [0.1, 0.15) is 69.2 Å². The highest BCUT2D eigenvalue weighted by molar-refractivity contribution is 7.89. The van der Waals surface area contributed by atoms with E-state index in [1.54, 1.807) is 56.7 Å². The van der Waals surface area contributed by atoms with Crippen molar-refractivity contribution >= 4 is 22.0 Å². The van der Waals surface area contributed by atoms with E-state index in [-0.39, 0.29) is 16.9 Å². The number of rotatable bonds is 13. The fourth-order valence-corrected chi connectivity index (χ4v) is 7.13. The number of methoxy groups -OCH3 is 2. The van der Waals surface area contributed by atoms with Crippen LogP contribution >= 0.6 is 0 Å². The number of benzene rings is 3. The predicted molar refractivity (Wildman–Crippen MR) is 173 cm³/mol. The van der Waals surface area contributed by atoms with E-state index in [1.807, 2.05) is 24.3 Å². The summed E-state index contributed by atoms with van der Waals surface area (Å²) in [5.74, 6) is -0.287. The first-order valence-electron chi connectivity index (χ1n) is 15.3. The maximum Gasteiger partial charge on any atom is 0.341 e. The van der Waals surface area contributed by atoms with Gasteiger partial charge in [-0.2, -0.15) is 4.31 Å². The predicted octanol–water partition coefficient (Wildman–Crippen LogP) is 5.93. The molecule has 1 saturated heterocycles. The maximum atomic E-state index is 13.9. The number of carboxylic acids is 1. The number of aliphatic carboxylic acids is 1. The molecule has 46 heavy (non-hydrogen) atoms. The molecular formula is C35H43NO9S. The van der Waals surface area contributed by atoms with Crippen LogP contribution in [0.5, 0.6) is 17.2 Å². The summed E-state index contributed by atoms with van der Waals surface area (Å²) in [4.78, 5) is 25.1. The highest BCUT2D eigenvalue weighted by atomic mass is 32.2. The molecule has 0 radical (unpaired) electrons. The van der Waals surface area contributed by atoms with Crippen molar-refractivity contribution < 1.29 is 42.1 Å². The molecule has 1 fully saturated rings. The first-order valence-corrected chi connectivity index (χ1v) is 16.8. The topological polar surface area (TPSA) is 129 Å². The summed E-state index contributed by atoms with van der Waals surface area (Å²) in [7, 11) is -0.869. The van der Waals surface area contributed by atoms with Gasteiger partial charge in [-0.25, -0.2) is 13.2 Å². The lowest BCUT2D eigenvalue weighted by molar-refractivity contribution is -0.155. The Morgan fingerprint density at radius 3 is 2.33 bits per heavy atom. The summed E-state index contributed by atoms with van der Waals surface area (Å²) in [6, 6.07) is 18.1.